The van der Waals surface area contributed by atoms with Gasteiger partial charge in [-0.3, -0.25) is 4.79 Å². The molecular formula is C16H19NO3. The van der Waals surface area contributed by atoms with Crippen molar-refractivity contribution >= 4 is 5.91 Å². The van der Waals surface area contributed by atoms with Crippen LogP contribution in [0.5, 0.6) is 5.75 Å². The van der Waals surface area contributed by atoms with E-state index in [1.54, 1.807) is 18.2 Å². The summed E-state index contributed by atoms with van der Waals surface area (Å²) in [6.45, 7) is 2.63. The van der Waals surface area contributed by atoms with E-state index in [-0.39, 0.29) is 12.5 Å². The molecule has 2 aromatic rings. The normalized spacial score (nSPS) is 10.3. The molecule has 0 atom stereocenters. The average Bonchev–Trinajstić information content (AvgIpc) is 2.97. The van der Waals surface area contributed by atoms with Crippen molar-refractivity contribution in [3.63, 3.8) is 0 Å². The maximum atomic E-state index is 12.0. The lowest BCUT2D eigenvalue weighted by atomic mass is 10.2. The maximum absolute atomic E-state index is 12.0. The molecular weight excluding hydrogens is 254 g/mol. The molecule has 0 aliphatic rings. The fourth-order valence-electron chi connectivity index (χ4n) is 1.83. The van der Waals surface area contributed by atoms with E-state index in [1.807, 2.05) is 43.3 Å². The number of hydrogen-bond acceptors (Lipinski definition) is 3. The van der Waals surface area contributed by atoms with Crippen molar-refractivity contribution in [3.8, 4) is 5.75 Å². The SMILES string of the molecule is Cc1ccccc1OCC(=O)N(C)CCc1ccco1. The lowest BCUT2D eigenvalue weighted by Crippen LogP contribution is -2.33. The Bertz CT molecular complexity index is 549. The first kappa shape index (κ1) is 14.2. The minimum Gasteiger partial charge on any atom is -0.484 e. The van der Waals surface area contributed by atoms with Crippen molar-refractivity contribution in [3.05, 3.63) is 54.0 Å². The Balaban J connectivity index is 1.78. The van der Waals surface area contributed by atoms with E-state index in [0.717, 1.165) is 17.1 Å². The summed E-state index contributed by atoms with van der Waals surface area (Å²) in [4.78, 5) is 13.6. The van der Waals surface area contributed by atoms with Gasteiger partial charge in [-0.1, -0.05) is 18.2 Å². The van der Waals surface area contributed by atoms with E-state index in [4.69, 9.17) is 9.15 Å². The molecule has 1 aromatic heterocycles. The molecule has 0 aliphatic heterocycles. The van der Waals surface area contributed by atoms with Gasteiger partial charge in [0.2, 0.25) is 0 Å². The molecule has 0 fully saturated rings. The maximum Gasteiger partial charge on any atom is 0.260 e. The molecule has 0 N–H and O–H groups in total. The number of benzene rings is 1. The minimum absolute atomic E-state index is 0.0418. The van der Waals surface area contributed by atoms with E-state index in [1.165, 1.54) is 0 Å². The van der Waals surface area contributed by atoms with Gasteiger partial charge in [0, 0.05) is 20.0 Å². The second-order valence-corrected chi connectivity index (χ2v) is 4.70. The number of furan rings is 1. The van der Waals surface area contributed by atoms with E-state index in [2.05, 4.69) is 0 Å². The highest BCUT2D eigenvalue weighted by Crippen LogP contribution is 2.16. The number of likely N-dealkylation sites (N-methyl/N-ethyl adjacent to an activating group) is 1. The average molecular weight is 273 g/mol. The number of carbonyl (C=O) groups is 1. The largest absolute Gasteiger partial charge is 0.484 e. The van der Waals surface area contributed by atoms with Crippen molar-refractivity contribution in [2.45, 2.75) is 13.3 Å². The van der Waals surface area contributed by atoms with Crippen LogP contribution in [-0.2, 0) is 11.2 Å². The van der Waals surface area contributed by atoms with Crippen LogP contribution in [0.3, 0.4) is 0 Å². The summed E-state index contributed by atoms with van der Waals surface area (Å²) < 4.78 is 10.8. The summed E-state index contributed by atoms with van der Waals surface area (Å²) in [6.07, 6.45) is 2.35. The van der Waals surface area contributed by atoms with Crippen LogP contribution in [-0.4, -0.2) is 31.0 Å². The zero-order valence-corrected chi connectivity index (χ0v) is 11.8. The first-order valence-corrected chi connectivity index (χ1v) is 6.61. The molecule has 20 heavy (non-hydrogen) atoms. The Morgan fingerprint density at radius 1 is 1.25 bits per heavy atom. The van der Waals surface area contributed by atoms with E-state index in [0.29, 0.717) is 13.0 Å². The molecule has 2 rings (SSSR count). The quantitative estimate of drug-likeness (QED) is 0.812. The Morgan fingerprint density at radius 2 is 2.05 bits per heavy atom. The summed E-state index contributed by atoms with van der Waals surface area (Å²) in [5.74, 6) is 1.59. The predicted octanol–water partition coefficient (Wildman–Crippen LogP) is 2.67. The molecule has 0 saturated heterocycles. The highest BCUT2D eigenvalue weighted by molar-refractivity contribution is 5.77. The van der Waals surface area contributed by atoms with Crippen molar-refractivity contribution in [2.24, 2.45) is 0 Å². The molecule has 0 aliphatic carbocycles. The summed E-state index contributed by atoms with van der Waals surface area (Å²) in [7, 11) is 1.77. The third-order valence-electron chi connectivity index (χ3n) is 3.14. The van der Waals surface area contributed by atoms with Crippen molar-refractivity contribution < 1.29 is 13.9 Å². The monoisotopic (exact) mass is 273 g/mol. The summed E-state index contributed by atoms with van der Waals surface area (Å²) in [5.41, 5.74) is 1.03. The van der Waals surface area contributed by atoms with Gasteiger partial charge in [0.15, 0.2) is 6.61 Å². The molecule has 0 saturated carbocycles. The number of para-hydroxylation sites is 1. The molecule has 0 spiro atoms. The Kier molecular flexibility index (Phi) is 4.82. The second kappa shape index (κ2) is 6.80. The number of hydrogen-bond donors (Lipinski definition) is 0. The lowest BCUT2D eigenvalue weighted by Gasteiger charge is -2.17. The number of amides is 1. The van der Waals surface area contributed by atoms with Crippen LogP contribution in [0.4, 0.5) is 0 Å². The minimum atomic E-state index is -0.0418. The van der Waals surface area contributed by atoms with Crippen LogP contribution in [0.15, 0.2) is 47.1 Å². The van der Waals surface area contributed by atoms with Crippen LogP contribution in [0.2, 0.25) is 0 Å². The fourth-order valence-corrected chi connectivity index (χ4v) is 1.83. The predicted molar refractivity (Wildman–Crippen MR) is 76.7 cm³/mol. The van der Waals surface area contributed by atoms with Gasteiger partial charge in [-0.25, -0.2) is 0 Å². The van der Waals surface area contributed by atoms with Crippen LogP contribution in [0, 0.1) is 6.92 Å². The second-order valence-electron chi connectivity index (χ2n) is 4.70. The molecule has 4 heteroatoms. The third-order valence-corrected chi connectivity index (χ3v) is 3.14. The van der Waals surface area contributed by atoms with Gasteiger partial charge in [0.25, 0.3) is 5.91 Å². The van der Waals surface area contributed by atoms with Crippen LogP contribution >= 0.6 is 0 Å². The zero-order chi connectivity index (χ0) is 14.4. The molecule has 1 heterocycles. The summed E-state index contributed by atoms with van der Waals surface area (Å²) in [5, 5.41) is 0. The number of aryl methyl sites for hydroxylation is 1. The molecule has 106 valence electrons. The molecule has 4 nitrogen and oxygen atoms in total. The molecule has 1 amide bonds. The van der Waals surface area contributed by atoms with Crippen LogP contribution in [0.1, 0.15) is 11.3 Å². The highest BCUT2D eigenvalue weighted by Gasteiger charge is 2.10. The standard InChI is InChI=1S/C16H19NO3/c1-13-6-3-4-8-15(13)20-12-16(18)17(2)10-9-14-7-5-11-19-14/h3-8,11H,9-10,12H2,1-2H3. The first-order valence-electron chi connectivity index (χ1n) is 6.61. The Labute approximate surface area is 119 Å². The topological polar surface area (TPSA) is 42.7 Å². The zero-order valence-electron chi connectivity index (χ0n) is 11.8. The third kappa shape index (κ3) is 3.88. The van der Waals surface area contributed by atoms with Gasteiger partial charge in [0.05, 0.1) is 6.26 Å². The highest BCUT2D eigenvalue weighted by atomic mass is 16.5. The Morgan fingerprint density at radius 3 is 2.75 bits per heavy atom. The van der Waals surface area contributed by atoms with Gasteiger partial charge in [0.1, 0.15) is 11.5 Å². The molecule has 0 radical (unpaired) electrons. The molecule has 1 aromatic carbocycles. The van der Waals surface area contributed by atoms with E-state index < -0.39 is 0 Å². The lowest BCUT2D eigenvalue weighted by molar-refractivity contribution is -0.132. The number of rotatable bonds is 6. The number of nitrogens with zero attached hydrogens (tertiary/aromatic N) is 1. The van der Waals surface area contributed by atoms with Crippen molar-refractivity contribution in [1.82, 2.24) is 4.90 Å². The Hall–Kier alpha value is -2.23. The van der Waals surface area contributed by atoms with Gasteiger partial charge in [-0.15, -0.1) is 0 Å². The van der Waals surface area contributed by atoms with E-state index >= 15 is 0 Å². The van der Waals surface area contributed by atoms with Crippen molar-refractivity contribution in [2.75, 3.05) is 20.2 Å². The van der Waals surface area contributed by atoms with Crippen LogP contribution in [0.25, 0.3) is 0 Å². The summed E-state index contributed by atoms with van der Waals surface area (Å²) in [6, 6.07) is 11.4. The fraction of sp³-hybridized carbons (Fsp3) is 0.312. The number of ether oxygens (including phenoxy) is 1. The van der Waals surface area contributed by atoms with Gasteiger partial charge in [-0.2, -0.15) is 0 Å². The van der Waals surface area contributed by atoms with E-state index in [9.17, 15) is 4.79 Å². The molecule has 0 unspecified atom stereocenters. The smallest absolute Gasteiger partial charge is 0.260 e. The van der Waals surface area contributed by atoms with Crippen molar-refractivity contribution in [1.29, 1.82) is 0 Å². The summed E-state index contributed by atoms with van der Waals surface area (Å²) >= 11 is 0. The molecule has 0 bridgehead atoms. The van der Waals surface area contributed by atoms with Gasteiger partial charge < -0.3 is 14.1 Å². The van der Waals surface area contributed by atoms with Crippen LogP contribution < -0.4 is 4.74 Å². The first-order chi connectivity index (χ1) is 9.66. The number of carbonyl (C=O) groups excluding carboxylic acids is 1. The van der Waals surface area contributed by atoms with Gasteiger partial charge >= 0.3 is 0 Å². The van der Waals surface area contributed by atoms with Gasteiger partial charge in [-0.05, 0) is 30.7 Å².